The van der Waals surface area contributed by atoms with Gasteiger partial charge in [0.25, 0.3) is 5.91 Å². The van der Waals surface area contributed by atoms with Gasteiger partial charge in [-0.15, -0.1) is 0 Å². The first-order chi connectivity index (χ1) is 15.5. The number of rotatable bonds is 6. The number of amides is 1. The van der Waals surface area contributed by atoms with E-state index < -0.39 is 0 Å². The molecular formula is C24H22FN5O2. The Hall–Kier alpha value is -3.94. The number of halogens is 1. The number of anilines is 2. The molecule has 0 saturated heterocycles. The van der Waals surface area contributed by atoms with Crippen LogP contribution in [0.15, 0.2) is 65.6 Å². The average molecular weight is 431 g/mol. The Bertz CT molecular complexity index is 1340. The van der Waals surface area contributed by atoms with Gasteiger partial charge in [-0.3, -0.25) is 9.36 Å². The van der Waals surface area contributed by atoms with Gasteiger partial charge >= 0.3 is 5.69 Å². The molecule has 0 unspecified atom stereocenters. The van der Waals surface area contributed by atoms with E-state index in [2.05, 4.69) is 20.2 Å². The van der Waals surface area contributed by atoms with Crippen molar-refractivity contribution < 1.29 is 9.18 Å². The fourth-order valence-corrected chi connectivity index (χ4v) is 3.79. The van der Waals surface area contributed by atoms with Gasteiger partial charge in [0.2, 0.25) is 0 Å². The zero-order chi connectivity index (χ0) is 22.2. The van der Waals surface area contributed by atoms with Crippen LogP contribution in [-0.4, -0.2) is 26.5 Å². The first-order valence-electron chi connectivity index (χ1n) is 10.5. The van der Waals surface area contributed by atoms with Gasteiger partial charge in [-0.05, 0) is 66.9 Å². The van der Waals surface area contributed by atoms with Crippen LogP contribution in [0, 0.1) is 5.82 Å². The number of carbonyl (C=O) groups is 1. The summed E-state index contributed by atoms with van der Waals surface area (Å²) in [6, 6.07) is 15.8. The van der Waals surface area contributed by atoms with Crippen LogP contribution in [0.2, 0.25) is 0 Å². The second-order valence-electron chi connectivity index (χ2n) is 8.01. The number of aromatic nitrogens is 3. The molecule has 1 amide bonds. The zero-order valence-corrected chi connectivity index (χ0v) is 17.5. The van der Waals surface area contributed by atoms with E-state index in [4.69, 9.17) is 0 Å². The first-order valence-corrected chi connectivity index (χ1v) is 10.5. The van der Waals surface area contributed by atoms with Gasteiger partial charge in [0.05, 0.1) is 11.0 Å². The van der Waals surface area contributed by atoms with Gasteiger partial charge in [-0.25, -0.2) is 14.2 Å². The highest BCUT2D eigenvalue weighted by atomic mass is 19.1. The average Bonchev–Trinajstić information content (AvgIpc) is 3.60. The Balaban J connectivity index is 1.28. The molecule has 5 rings (SSSR count). The minimum atomic E-state index is -0.263. The third-order valence-corrected chi connectivity index (χ3v) is 5.69. The molecule has 1 saturated carbocycles. The van der Waals surface area contributed by atoms with Crippen molar-refractivity contribution in [1.29, 1.82) is 0 Å². The molecular weight excluding hydrogens is 409 g/mol. The lowest BCUT2D eigenvalue weighted by Crippen LogP contribution is -2.23. The number of aryl methyl sites for hydroxylation is 1. The number of imidazole rings is 1. The van der Waals surface area contributed by atoms with E-state index in [-0.39, 0.29) is 17.4 Å². The lowest BCUT2D eigenvalue weighted by Gasteiger charge is -2.23. The molecule has 1 fully saturated rings. The maximum absolute atomic E-state index is 13.3. The maximum Gasteiger partial charge on any atom is 0.326 e. The topological polar surface area (TPSA) is 83.0 Å². The summed E-state index contributed by atoms with van der Waals surface area (Å²) in [5, 5.41) is 2.89. The van der Waals surface area contributed by atoms with Crippen molar-refractivity contribution in [1.82, 2.24) is 19.9 Å². The number of hydrogen-bond acceptors (Lipinski definition) is 4. The highest BCUT2D eigenvalue weighted by Gasteiger charge is 2.31. The highest BCUT2D eigenvalue weighted by molar-refractivity contribution is 5.97. The van der Waals surface area contributed by atoms with Gasteiger partial charge < -0.3 is 15.2 Å². The molecule has 4 aromatic rings. The van der Waals surface area contributed by atoms with Crippen molar-refractivity contribution in [3.63, 3.8) is 0 Å². The fraction of sp³-hybridized carbons (Fsp3) is 0.208. The number of hydrogen-bond donors (Lipinski definition) is 2. The minimum Gasteiger partial charge on any atom is -0.348 e. The Labute approximate surface area is 183 Å². The molecule has 1 aliphatic rings. The van der Waals surface area contributed by atoms with Crippen LogP contribution >= 0.6 is 0 Å². The van der Waals surface area contributed by atoms with Crippen molar-refractivity contribution in [2.75, 3.05) is 4.90 Å². The standard InChI is InChI=1S/C24H22FN5O2/c1-29-21-10-3-16(12-20(21)28-24(29)32)23(31)27-14-15-2-11-22(26-13-15)30(19-8-9-19)18-6-4-17(25)5-7-18/h2-7,10-13,19H,8-9,14H2,1H3,(H,27,31)(H,28,32). The van der Waals surface area contributed by atoms with Gasteiger partial charge in [0.1, 0.15) is 11.6 Å². The first kappa shape index (κ1) is 20.0. The number of carbonyl (C=O) groups excluding carboxylic acids is 1. The van der Waals surface area contributed by atoms with E-state index in [1.54, 1.807) is 43.6 Å². The second-order valence-corrected chi connectivity index (χ2v) is 8.01. The fourth-order valence-electron chi connectivity index (χ4n) is 3.79. The molecule has 1 aliphatic carbocycles. The molecule has 162 valence electrons. The molecule has 8 heteroatoms. The number of nitrogens with zero attached hydrogens (tertiary/aromatic N) is 3. The molecule has 0 bridgehead atoms. The molecule has 2 aromatic carbocycles. The van der Waals surface area contributed by atoms with E-state index in [0.717, 1.165) is 35.4 Å². The molecule has 2 aromatic heterocycles. The van der Waals surface area contributed by atoms with Crippen LogP contribution in [0.25, 0.3) is 11.0 Å². The summed E-state index contributed by atoms with van der Waals surface area (Å²) < 4.78 is 14.8. The number of pyridine rings is 1. The molecule has 0 spiro atoms. The van der Waals surface area contributed by atoms with Crippen molar-refractivity contribution in [2.45, 2.75) is 25.4 Å². The van der Waals surface area contributed by atoms with Crippen LogP contribution in [0.3, 0.4) is 0 Å². The van der Waals surface area contributed by atoms with Crippen LogP contribution in [-0.2, 0) is 13.6 Å². The van der Waals surface area contributed by atoms with E-state index >= 15 is 0 Å². The Kier molecular flexibility index (Phi) is 4.97. The van der Waals surface area contributed by atoms with Crippen LogP contribution in [0.1, 0.15) is 28.8 Å². The van der Waals surface area contributed by atoms with Gasteiger partial charge in [-0.1, -0.05) is 6.07 Å². The summed E-state index contributed by atoms with van der Waals surface area (Å²) >= 11 is 0. The summed E-state index contributed by atoms with van der Waals surface area (Å²) in [5.41, 5.74) is 3.40. The smallest absolute Gasteiger partial charge is 0.326 e. The van der Waals surface area contributed by atoms with Gasteiger partial charge in [-0.2, -0.15) is 0 Å². The number of benzene rings is 2. The zero-order valence-electron chi connectivity index (χ0n) is 17.5. The van der Waals surface area contributed by atoms with Gasteiger partial charge in [0, 0.05) is 37.1 Å². The molecule has 7 nitrogen and oxygen atoms in total. The monoisotopic (exact) mass is 431 g/mol. The van der Waals surface area contributed by atoms with E-state index in [0.29, 0.717) is 23.7 Å². The summed E-state index contributed by atoms with van der Waals surface area (Å²) in [6.07, 6.45) is 3.90. The lowest BCUT2D eigenvalue weighted by atomic mass is 10.2. The third kappa shape index (κ3) is 3.87. The summed E-state index contributed by atoms with van der Waals surface area (Å²) in [6.45, 7) is 0.329. The largest absolute Gasteiger partial charge is 0.348 e. The van der Waals surface area contributed by atoms with Crippen molar-refractivity contribution >= 4 is 28.4 Å². The Morgan fingerprint density at radius 2 is 1.97 bits per heavy atom. The maximum atomic E-state index is 13.3. The van der Waals surface area contributed by atoms with Crippen molar-refractivity contribution in [2.24, 2.45) is 7.05 Å². The Morgan fingerprint density at radius 1 is 1.19 bits per heavy atom. The summed E-state index contributed by atoms with van der Waals surface area (Å²) in [7, 11) is 1.68. The molecule has 2 heterocycles. The SMILES string of the molecule is Cn1c(=O)[nH]c2cc(C(=O)NCc3ccc(N(c4ccc(F)cc4)C4CC4)nc3)ccc21. The Morgan fingerprint density at radius 3 is 2.66 bits per heavy atom. The summed E-state index contributed by atoms with van der Waals surface area (Å²) in [5.74, 6) is 0.306. The molecule has 2 N–H and O–H groups in total. The number of fused-ring (bicyclic) bond motifs is 1. The summed E-state index contributed by atoms with van der Waals surface area (Å²) in [4.78, 5) is 33.7. The molecule has 0 radical (unpaired) electrons. The van der Waals surface area contributed by atoms with E-state index in [9.17, 15) is 14.0 Å². The predicted octanol–water partition coefficient (Wildman–Crippen LogP) is 3.63. The second kappa shape index (κ2) is 7.96. The molecule has 0 atom stereocenters. The van der Waals surface area contributed by atoms with E-state index in [1.807, 2.05) is 12.1 Å². The highest BCUT2D eigenvalue weighted by Crippen LogP contribution is 2.37. The lowest BCUT2D eigenvalue weighted by molar-refractivity contribution is 0.0951. The number of aromatic amines is 1. The third-order valence-electron chi connectivity index (χ3n) is 5.69. The van der Waals surface area contributed by atoms with Crippen LogP contribution in [0.4, 0.5) is 15.9 Å². The van der Waals surface area contributed by atoms with E-state index in [1.165, 1.54) is 16.7 Å². The van der Waals surface area contributed by atoms with Crippen LogP contribution < -0.4 is 15.9 Å². The number of nitrogens with one attached hydrogen (secondary N) is 2. The number of H-pyrrole nitrogens is 1. The van der Waals surface area contributed by atoms with Gasteiger partial charge in [0.15, 0.2) is 0 Å². The molecule has 32 heavy (non-hydrogen) atoms. The normalized spacial score (nSPS) is 13.3. The minimum absolute atomic E-state index is 0.218. The van der Waals surface area contributed by atoms with Crippen molar-refractivity contribution in [3.8, 4) is 0 Å². The van der Waals surface area contributed by atoms with Crippen molar-refractivity contribution in [3.05, 3.63) is 88.2 Å². The predicted molar refractivity (Wildman–Crippen MR) is 121 cm³/mol. The quantitative estimate of drug-likeness (QED) is 0.488. The van der Waals surface area contributed by atoms with Crippen LogP contribution in [0.5, 0.6) is 0 Å². The molecule has 0 aliphatic heterocycles.